The molecule has 0 saturated heterocycles. The third-order valence-corrected chi connectivity index (χ3v) is 6.04. The number of nitrogens with two attached hydrogens (primary N) is 1. The molecule has 0 aliphatic carbocycles. The average Bonchev–Trinajstić information content (AvgIpc) is 2.97. The van der Waals surface area contributed by atoms with Gasteiger partial charge in [0, 0.05) is 35.6 Å². The monoisotopic (exact) mass is 409 g/mol. The summed E-state index contributed by atoms with van der Waals surface area (Å²) in [4.78, 5) is 0.0601. The third-order valence-electron chi connectivity index (χ3n) is 4.05. The smallest absolute Gasteiger partial charge is 0.243 e. The standard InChI is InChI=1S/C17H19N3O5S2/c18-17(26)19-11-1-3-13-14-10-12(2-4-15(14)25-16(13)9-11)27(23,24)20(5-7-21)6-8-22/h1-4,9-10,21-22H,5-8H2,(H3,18,19,26). The van der Waals surface area contributed by atoms with Crippen LogP contribution in [0.1, 0.15) is 0 Å². The predicted octanol–water partition coefficient (Wildman–Crippen LogP) is 1.22. The number of aliphatic hydroxyl groups is 2. The first-order chi connectivity index (χ1) is 12.9. The Morgan fingerprint density at radius 2 is 1.78 bits per heavy atom. The molecule has 1 aromatic heterocycles. The van der Waals surface area contributed by atoms with Crippen molar-refractivity contribution in [3.8, 4) is 0 Å². The fourth-order valence-electron chi connectivity index (χ4n) is 2.86. The van der Waals surface area contributed by atoms with Crippen LogP contribution in [0.2, 0.25) is 0 Å². The van der Waals surface area contributed by atoms with E-state index in [9.17, 15) is 8.42 Å². The molecule has 5 N–H and O–H groups in total. The Morgan fingerprint density at radius 3 is 2.41 bits per heavy atom. The van der Waals surface area contributed by atoms with Crippen LogP contribution < -0.4 is 11.1 Å². The number of sulfonamides is 1. The molecule has 27 heavy (non-hydrogen) atoms. The van der Waals surface area contributed by atoms with Gasteiger partial charge in [-0.1, -0.05) is 0 Å². The van der Waals surface area contributed by atoms with Gasteiger partial charge in [-0.25, -0.2) is 8.42 Å². The molecule has 0 saturated carbocycles. The van der Waals surface area contributed by atoms with Gasteiger partial charge in [-0.05, 0) is 42.5 Å². The number of nitrogens with one attached hydrogen (secondary N) is 1. The van der Waals surface area contributed by atoms with E-state index in [4.69, 9.17) is 32.6 Å². The van der Waals surface area contributed by atoms with Gasteiger partial charge in [0.05, 0.1) is 18.1 Å². The quantitative estimate of drug-likeness (QED) is 0.429. The second kappa shape index (κ2) is 7.79. The Kier molecular flexibility index (Phi) is 5.63. The Labute approximate surface area is 161 Å². The molecular formula is C17H19N3O5S2. The molecule has 144 valence electrons. The number of nitrogens with zero attached hydrogens (tertiary/aromatic N) is 1. The Bertz CT molecular complexity index is 1090. The minimum Gasteiger partial charge on any atom is -0.456 e. The second-order valence-electron chi connectivity index (χ2n) is 5.81. The lowest BCUT2D eigenvalue weighted by Gasteiger charge is -2.20. The van der Waals surface area contributed by atoms with Gasteiger partial charge in [0.15, 0.2) is 5.11 Å². The summed E-state index contributed by atoms with van der Waals surface area (Å²) in [6, 6.07) is 9.83. The number of fused-ring (bicyclic) bond motifs is 3. The lowest BCUT2D eigenvalue weighted by atomic mass is 10.1. The van der Waals surface area contributed by atoms with Crippen LogP contribution in [-0.2, 0) is 10.0 Å². The first kappa shape index (κ1) is 19.5. The molecule has 3 rings (SSSR count). The highest BCUT2D eigenvalue weighted by molar-refractivity contribution is 7.89. The first-order valence-electron chi connectivity index (χ1n) is 8.11. The highest BCUT2D eigenvalue weighted by Gasteiger charge is 2.24. The summed E-state index contributed by atoms with van der Waals surface area (Å²) >= 11 is 4.82. The SMILES string of the molecule is NC(=S)Nc1ccc2c(c1)oc1ccc(S(=O)(=O)N(CCO)CCO)cc12. The summed E-state index contributed by atoms with van der Waals surface area (Å²) in [5.74, 6) is 0. The summed E-state index contributed by atoms with van der Waals surface area (Å²) in [5.41, 5.74) is 7.23. The molecule has 0 atom stereocenters. The van der Waals surface area contributed by atoms with Gasteiger partial charge < -0.3 is 25.7 Å². The van der Waals surface area contributed by atoms with Crippen LogP contribution in [0.4, 0.5) is 5.69 Å². The Morgan fingerprint density at radius 1 is 1.07 bits per heavy atom. The van der Waals surface area contributed by atoms with Gasteiger partial charge in [-0.3, -0.25) is 0 Å². The minimum atomic E-state index is -3.86. The zero-order valence-electron chi connectivity index (χ0n) is 14.3. The zero-order chi connectivity index (χ0) is 19.6. The number of furan rings is 1. The van der Waals surface area contributed by atoms with Crippen molar-refractivity contribution in [2.75, 3.05) is 31.6 Å². The van der Waals surface area contributed by atoms with Crippen LogP contribution in [-0.4, -0.2) is 54.4 Å². The first-order valence-corrected chi connectivity index (χ1v) is 9.96. The van der Waals surface area contributed by atoms with Crippen LogP contribution in [0.5, 0.6) is 0 Å². The molecule has 0 radical (unpaired) electrons. The molecule has 0 spiro atoms. The lowest BCUT2D eigenvalue weighted by molar-refractivity contribution is 0.217. The zero-order valence-corrected chi connectivity index (χ0v) is 15.9. The normalized spacial score (nSPS) is 12.1. The van der Waals surface area contributed by atoms with Crippen molar-refractivity contribution in [1.82, 2.24) is 4.31 Å². The summed E-state index contributed by atoms with van der Waals surface area (Å²) in [6.07, 6.45) is 0. The number of thiocarbonyl (C=S) groups is 1. The summed E-state index contributed by atoms with van der Waals surface area (Å²) in [6.45, 7) is -0.869. The van der Waals surface area contributed by atoms with E-state index in [1.54, 1.807) is 24.3 Å². The fourth-order valence-corrected chi connectivity index (χ4v) is 4.43. The number of hydrogen-bond acceptors (Lipinski definition) is 6. The van der Waals surface area contributed by atoms with E-state index in [1.807, 2.05) is 0 Å². The Balaban J connectivity index is 2.08. The van der Waals surface area contributed by atoms with Crippen molar-refractivity contribution in [2.24, 2.45) is 5.73 Å². The van der Waals surface area contributed by atoms with Crippen LogP contribution in [0.3, 0.4) is 0 Å². The van der Waals surface area contributed by atoms with Gasteiger partial charge in [0.2, 0.25) is 10.0 Å². The van der Waals surface area contributed by atoms with Crippen LogP contribution >= 0.6 is 12.2 Å². The highest BCUT2D eigenvalue weighted by atomic mass is 32.2. The third kappa shape index (κ3) is 3.89. The van der Waals surface area contributed by atoms with E-state index in [0.717, 1.165) is 9.69 Å². The van der Waals surface area contributed by atoms with E-state index >= 15 is 0 Å². The maximum atomic E-state index is 12.8. The van der Waals surface area contributed by atoms with Crippen molar-refractivity contribution in [2.45, 2.75) is 4.90 Å². The molecule has 1 heterocycles. The van der Waals surface area contributed by atoms with Crippen molar-refractivity contribution in [3.63, 3.8) is 0 Å². The molecular weight excluding hydrogens is 390 g/mol. The molecule has 0 bridgehead atoms. The largest absolute Gasteiger partial charge is 0.456 e. The molecule has 10 heteroatoms. The number of hydrogen-bond donors (Lipinski definition) is 4. The topological polar surface area (TPSA) is 129 Å². The van der Waals surface area contributed by atoms with Gasteiger partial charge in [0.1, 0.15) is 11.2 Å². The molecule has 0 amide bonds. The number of benzene rings is 2. The molecule has 0 fully saturated rings. The van der Waals surface area contributed by atoms with Crippen molar-refractivity contribution < 1.29 is 23.0 Å². The highest BCUT2D eigenvalue weighted by Crippen LogP contribution is 2.32. The van der Waals surface area contributed by atoms with E-state index in [-0.39, 0.29) is 36.3 Å². The van der Waals surface area contributed by atoms with Crippen molar-refractivity contribution in [1.29, 1.82) is 0 Å². The molecule has 3 aromatic rings. The van der Waals surface area contributed by atoms with Crippen molar-refractivity contribution in [3.05, 3.63) is 36.4 Å². The molecule has 0 aliphatic rings. The lowest BCUT2D eigenvalue weighted by Crippen LogP contribution is -2.35. The van der Waals surface area contributed by atoms with Crippen LogP contribution in [0.15, 0.2) is 45.7 Å². The second-order valence-corrected chi connectivity index (χ2v) is 8.19. The maximum absolute atomic E-state index is 12.8. The summed E-state index contributed by atoms with van der Waals surface area (Å²) < 4.78 is 32.5. The van der Waals surface area contributed by atoms with E-state index in [1.165, 1.54) is 12.1 Å². The maximum Gasteiger partial charge on any atom is 0.243 e. The molecule has 8 nitrogen and oxygen atoms in total. The number of anilines is 1. The van der Waals surface area contributed by atoms with Gasteiger partial charge in [-0.15, -0.1) is 0 Å². The molecule has 2 aromatic carbocycles. The van der Waals surface area contributed by atoms with E-state index in [2.05, 4.69) is 5.32 Å². The van der Waals surface area contributed by atoms with Crippen LogP contribution in [0.25, 0.3) is 21.9 Å². The van der Waals surface area contributed by atoms with E-state index in [0.29, 0.717) is 22.2 Å². The van der Waals surface area contributed by atoms with Gasteiger partial charge >= 0.3 is 0 Å². The van der Waals surface area contributed by atoms with E-state index < -0.39 is 10.0 Å². The summed E-state index contributed by atoms with van der Waals surface area (Å²) in [7, 11) is -3.86. The number of aliphatic hydroxyl groups excluding tert-OH is 2. The van der Waals surface area contributed by atoms with Crippen LogP contribution in [0, 0.1) is 0 Å². The average molecular weight is 409 g/mol. The van der Waals surface area contributed by atoms with Gasteiger partial charge in [0.25, 0.3) is 0 Å². The fraction of sp³-hybridized carbons (Fsp3) is 0.235. The Hall–Kier alpha value is -2.24. The molecule has 0 aliphatic heterocycles. The predicted molar refractivity (Wildman–Crippen MR) is 107 cm³/mol. The van der Waals surface area contributed by atoms with Crippen molar-refractivity contribution >= 4 is 55.0 Å². The number of rotatable bonds is 7. The minimum absolute atomic E-state index is 0.0601. The molecule has 0 unspecified atom stereocenters. The van der Waals surface area contributed by atoms with Gasteiger partial charge in [-0.2, -0.15) is 4.31 Å². The summed E-state index contributed by atoms with van der Waals surface area (Å²) in [5, 5.41) is 22.6.